The number of aliphatic hydroxyl groups is 1. The predicted molar refractivity (Wildman–Crippen MR) is 61.4 cm³/mol. The summed E-state index contributed by atoms with van der Waals surface area (Å²) in [5.74, 6) is -0.267. The summed E-state index contributed by atoms with van der Waals surface area (Å²) >= 11 is 0. The van der Waals surface area contributed by atoms with Gasteiger partial charge in [0, 0.05) is 18.6 Å². The molecule has 0 amide bonds. The summed E-state index contributed by atoms with van der Waals surface area (Å²) in [4.78, 5) is 0. The lowest BCUT2D eigenvalue weighted by Crippen LogP contribution is -2.12. The van der Waals surface area contributed by atoms with Crippen molar-refractivity contribution in [3.05, 3.63) is 29.6 Å². The second-order valence-corrected chi connectivity index (χ2v) is 4.16. The van der Waals surface area contributed by atoms with Crippen LogP contribution in [0.15, 0.2) is 18.2 Å². The lowest BCUT2D eigenvalue weighted by molar-refractivity contribution is 0.0893. The van der Waals surface area contributed by atoms with E-state index >= 15 is 0 Å². The molecule has 0 bridgehead atoms. The zero-order valence-corrected chi connectivity index (χ0v) is 9.69. The van der Waals surface area contributed by atoms with Crippen LogP contribution in [-0.4, -0.2) is 24.4 Å². The van der Waals surface area contributed by atoms with Crippen molar-refractivity contribution >= 4 is 0 Å². The Bertz CT molecular complexity index is 362. The number of ether oxygens (including phenoxy) is 2. The van der Waals surface area contributed by atoms with Crippen LogP contribution in [0.2, 0.25) is 0 Å². The van der Waals surface area contributed by atoms with Crippen LogP contribution in [0.3, 0.4) is 0 Å². The van der Waals surface area contributed by atoms with E-state index in [1.165, 1.54) is 6.07 Å². The first-order valence-corrected chi connectivity index (χ1v) is 5.94. The minimum absolute atomic E-state index is 0.160. The Balaban J connectivity index is 1.89. The van der Waals surface area contributed by atoms with Crippen LogP contribution in [0.25, 0.3) is 0 Å². The molecule has 1 saturated heterocycles. The SMILES string of the molecule is OCc1cccc(F)c1OCCC1CCCO1. The van der Waals surface area contributed by atoms with Gasteiger partial charge in [-0.25, -0.2) is 4.39 Å². The number of hydrogen-bond donors (Lipinski definition) is 1. The maximum Gasteiger partial charge on any atom is 0.165 e. The van der Waals surface area contributed by atoms with Gasteiger partial charge >= 0.3 is 0 Å². The first-order chi connectivity index (χ1) is 8.31. The number of hydrogen-bond acceptors (Lipinski definition) is 3. The maximum atomic E-state index is 13.5. The van der Waals surface area contributed by atoms with E-state index in [1.807, 2.05) is 0 Å². The highest BCUT2D eigenvalue weighted by atomic mass is 19.1. The molecule has 1 aromatic rings. The number of halogens is 1. The van der Waals surface area contributed by atoms with E-state index in [2.05, 4.69) is 0 Å². The van der Waals surface area contributed by atoms with E-state index in [-0.39, 0.29) is 18.5 Å². The van der Waals surface area contributed by atoms with Gasteiger partial charge in [0.05, 0.1) is 19.3 Å². The summed E-state index contributed by atoms with van der Waals surface area (Å²) in [6.45, 7) is 1.01. The predicted octanol–water partition coefficient (Wildman–Crippen LogP) is 2.27. The van der Waals surface area contributed by atoms with Gasteiger partial charge < -0.3 is 14.6 Å². The molecule has 0 spiro atoms. The van der Waals surface area contributed by atoms with Gasteiger partial charge in [-0.1, -0.05) is 12.1 Å². The van der Waals surface area contributed by atoms with Crippen molar-refractivity contribution in [2.75, 3.05) is 13.2 Å². The van der Waals surface area contributed by atoms with Crippen molar-refractivity contribution in [1.82, 2.24) is 0 Å². The van der Waals surface area contributed by atoms with Crippen LogP contribution in [0.4, 0.5) is 4.39 Å². The van der Waals surface area contributed by atoms with E-state index in [0.29, 0.717) is 12.2 Å². The van der Waals surface area contributed by atoms with E-state index < -0.39 is 5.82 Å². The van der Waals surface area contributed by atoms with Gasteiger partial charge in [0.2, 0.25) is 0 Å². The van der Waals surface area contributed by atoms with Crippen LogP contribution in [-0.2, 0) is 11.3 Å². The van der Waals surface area contributed by atoms with Crippen molar-refractivity contribution in [3.63, 3.8) is 0 Å². The first-order valence-electron chi connectivity index (χ1n) is 5.94. The Hall–Kier alpha value is -1.13. The number of para-hydroxylation sites is 1. The quantitative estimate of drug-likeness (QED) is 0.858. The van der Waals surface area contributed by atoms with Gasteiger partial charge in [-0.3, -0.25) is 0 Å². The molecule has 1 fully saturated rings. The normalized spacial score (nSPS) is 19.5. The van der Waals surface area contributed by atoms with Crippen LogP contribution < -0.4 is 4.74 Å². The largest absolute Gasteiger partial charge is 0.490 e. The minimum atomic E-state index is -0.427. The zero-order chi connectivity index (χ0) is 12.1. The van der Waals surface area contributed by atoms with E-state index in [0.717, 1.165) is 25.9 Å². The van der Waals surface area contributed by atoms with Crippen molar-refractivity contribution in [2.45, 2.75) is 32.0 Å². The smallest absolute Gasteiger partial charge is 0.165 e. The fourth-order valence-electron chi connectivity index (χ4n) is 2.00. The second-order valence-electron chi connectivity index (χ2n) is 4.16. The third-order valence-electron chi connectivity index (χ3n) is 2.93. The highest BCUT2D eigenvalue weighted by Gasteiger charge is 2.16. The number of aliphatic hydroxyl groups excluding tert-OH is 1. The molecule has 1 aromatic carbocycles. The molecular formula is C13H17FO3. The Morgan fingerprint density at radius 1 is 1.47 bits per heavy atom. The molecular weight excluding hydrogens is 223 g/mol. The molecule has 4 heteroatoms. The lowest BCUT2D eigenvalue weighted by Gasteiger charge is -2.13. The Morgan fingerprint density at radius 2 is 2.35 bits per heavy atom. The highest BCUT2D eigenvalue weighted by molar-refractivity contribution is 5.34. The minimum Gasteiger partial charge on any atom is -0.490 e. The molecule has 0 saturated carbocycles. The molecule has 1 heterocycles. The molecule has 94 valence electrons. The molecule has 2 rings (SSSR count). The van der Waals surface area contributed by atoms with Crippen LogP contribution in [0, 0.1) is 5.82 Å². The highest BCUT2D eigenvalue weighted by Crippen LogP contribution is 2.23. The van der Waals surface area contributed by atoms with Crippen LogP contribution in [0.5, 0.6) is 5.75 Å². The summed E-state index contributed by atoms with van der Waals surface area (Å²) in [5.41, 5.74) is 0.484. The Kier molecular flexibility index (Phi) is 4.34. The molecule has 0 aliphatic carbocycles. The average molecular weight is 240 g/mol. The first kappa shape index (κ1) is 12.3. The molecule has 1 atom stereocenters. The summed E-state index contributed by atoms with van der Waals surface area (Å²) < 4.78 is 24.3. The topological polar surface area (TPSA) is 38.7 Å². The van der Waals surface area contributed by atoms with Gasteiger partial charge in [-0.15, -0.1) is 0 Å². The van der Waals surface area contributed by atoms with Crippen molar-refractivity contribution in [2.24, 2.45) is 0 Å². The standard InChI is InChI=1S/C13H17FO3/c14-12-5-1-3-10(9-15)13(12)17-8-6-11-4-2-7-16-11/h1,3,5,11,15H,2,4,6-9H2. The van der Waals surface area contributed by atoms with Gasteiger partial charge in [0.15, 0.2) is 11.6 Å². The van der Waals surface area contributed by atoms with Crippen LogP contribution in [0.1, 0.15) is 24.8 Å². The van der Waals surface area contributed by atoms with E-state index in [4.69, 9.17) is 14.6 Å². The molecule has 1 aliphatic rings. The van der Waals surface area contributed by atoms with Gasteiger partial charge in [0.1, 0.15) is 0 Å². The molecule has 3 nitrogen and oxygen atoms in total. The van der Waals surface area contributed by atoms with Crippen molar-refractivity contribution in [3.8, 4) is 5.75 Å². The van der Waals surface area contributed by atoms with E-state index in [1.54, 1.807) is 12.1 Å². The van der Waals surface area contributed by atoms with Gasteiger partial charge in [-0.05, 0) is 18.9 Å². The molecule has 1 unspecified atom stereocenters. The van der Waals surface area contributed by atoms with Crippen LogP contribution >= 0.6 is 0 Å². The van der Waals surface area contributed by atoms with Gasteiger partial charge in [-0.2, -0.15) is 0 Å². The van der Waals surface area contributed by atoms with E-state index in [9.17, 15) is 4.39 Å². The summed E-state index contributed by atoms with van der Waals surface area (Å²) in [5, 5.41) is 9.08. The molecule has 1 N–H and O–H groups in total. The lowest BCUT2D eigenvalue weighted by atomic mass is 10.2. The van der Waals surface area contributed by atoms with Gasteiger partial charge in [0.25, 0.3) is 0 Å². The Labute approximate surface area is 100 Å². The number of benzene rings is 1. The third-order valence-corrected chi connectivity index (χ3v) is 2.93. The molecule has 0 radical (unpaired) electrons. The average Bonchev–Trinajstić information content (AvgIpc) is 2.84. The second kappa shape index (κ2) is 5.98. The summed E-state index contributed by atoms with van der Waals surface area (Å²) in [6, 6.07) is 4.55. The maximum absolute atomic E-state index is 13.5. The van der Waals surface area contributed by atoms with Crippen molar-refractivity contribution < 1.29 is 19.0 Å². The molecule has 0 aromatic heterocycles. The van der Waals surface area contributed by atoms with Crippen molar-refractivity contribution in [1.29, 1.82) is 0 Å². The third kappa shape index (κ3) is 3.17. The molecule has 17 heavy (non-hydrogen) atoms. The fraction of sp³-hybridized carbons (Fsp3) is 0.538. The summed E-state index contributed by atoms with van der Waals surface area (Å²) in [7, 11) is 0. The zero-order valence-electron chi connectivity index (χ0n) is 9.69. The Morgan fingerprint density at radius 3 is 3.06 bits per heavy atom. The summed E-state index contributed by atoms with van der Waals surface area (Å²) in [6.07, 6.45) is 3.14. The fourth-order valence-corrected chi connectivity index (χ4v) is 2.00. The monoisotopic (exact) mass is 240 g/mol. The molecule has 1 aliphatic heterocycles. The number of rotatable bonds is 5.